The first-order valence-electron chi connectivity index (χ1n) is 6.76. The average molecular weight is 302 g/mol. The van der Waals surface area contributed by atoms with Crippen molar-refractivity contribution >= 4 is 12.4 Å². The summed E-state index contributed by atoms with van der Waals surface area (Å²) in [4.78, 5) is 0. The maximum Gasteiger partial charge on any atom is 0.161 e. The van der Waals surface area contributed by atoms with Crippen LogP contribution in [-0.2, 0) is 5.41 Å². The zero-order chi connectivity index (χ0) is 13.9. The molecule has 0 bridgehead atoms. The monoisotopic (exact) mass is 301 g/mol. The Morgan fingerprint density at radius 3 is 2.30 bits per heavy atom. The summed E-state index contributed by atoms with van der Waals surface area (Å²) in [6, 6.07) is 6.01. The fourth-order valence-electron chi connectivity index (χ4n) is 2.93. The minimum Gasteiger partial charge on any atom is -0.493 e. The van der Waals surface area contributed by atoms with Crippen molar-refractivity contribution < 1.29 is 14.6 Å². The van der Waals surface area contributed by atoms with Crippen LogP contribution >= 0.6 is 12.4 Å². The number of aliphatic hydroxyl groups is 1. The summed E-state index contributed by atoms with van der Waals surface area (Å²) in [6.07, 6.45) is 3.28. The van der Waals surface area contributed by atoms with Gasteiger partial charge >= 0.3 is 0 Å². The topological polar surface area (TPSA) is 64.7 Å². The molecule has 0 aliphatic heterocycles. The molecule has 0 radical (unpaired) electrons. The predicted molar refractivity (Wildman–Crippen MR) is 82.0 cm³/mol. The molecule has 1 aromatic carbocycles. The number of ether oxygens (including phenoxy) is 2. The first kappa shape index (κ1) is 17.1. The van der Waals surface area contributed by atoms with Crippen LogP contribution in [0.3, 0.4) is 0 Å². The van der Waals surface area contributed by atoms with Crippen LogP contribution in [0.5, 0.6) is 11.5 Å². The molecular formula is C15H24ClNO3. The number of halogens is 1. The van der Waals surface area contributed by atoms with Crippen molar-refractivity contribution in [1.82, 2.24) is 0 Å². The maximum atomic E-state index is 9.68. The second kappa shape index (κ2) is 7.16. The molecule has 5 heteroatoms. The van der Waals surface area contributed by atoms with Crippen LogP contribution in [0.2, 0.25) is 0 Å². The van der Waals surface area contributed by atoms with Gasteiger partial charge in [-0.25, -0.2) is 0 Å². The lowest BCUT2D eigenvalue weighted by atomic mass is 9.68. The molecule has 1 aliphatic rings. The van der Waals surface area contributed by atoms with Crippen molar-refractivity contribution in [3.05, 3.63) is 23.8 Å². The molecule has 0 amide bonds. The van der Waals surface area contributed by atoms with Crippen molar-refractivity contribution in [2.24, 2.45) is 5.73 Å². The summed E-state index contributed by atoms with van der Waals surface area (Å²) in [7, 11) is 3.27. The van der Waals surface area contributed by atoms with E-state index in [4.69, 9.17) is 15.2 Å². The SMILES string of the molecule is COc1ccc(C2(CN)CCC(O)CC2)cc1OC.Cl. The van der Waals surface area contributed by atoms with E-state index < -0.39 is 0 Å². The summed E-state index contributed by atoms with van der Waals surface area (Å²) >= 11 is 0. The number of rotatable bonds is 4. The highest BCUT2D eigenvalue weighted by atomic mass is 35.5. The average Bonchev–Trinajstić information content (AvgIpc) is 2.47. The molecule has 0 unspecified atom stereocenters. The predicted octanol–water partition coefficient (Wildman–Crippen LogP) is 2.26. The molecule has 114 valence electrons. The van der Waals surface area contributed by atoms with E-state index in [2.05, 4.69) is 6.07 Å². The van der Waals surface area contributed by atoms with E-state index in [-0.39, 0.29) is 23.9 Å². The quantitative estimate of drug-likeness (QED) is 0.895. The van der Waals surface area contributed by atoms with Crippen LogP contribution in [0, 0.1) is 0 Å². The van der Waals surface area contributed by atoms with Gasteiger partial charge in [-0.05, 0) is 43.4 Å². The standard InChI is InChI=1S/C15H23NO3.ClH/c1-18-13-4-3-11(9-14(13)19-2)15(10-16)7-5-12(17)6-8-15;/h3-4,9,12,17H,5-8,10,16H2,1-2H3;1H. The third kappa shape index (κ3) is 3.19. The van der Waals surface area contributed by atoms with Crippen molar-refractivity contribution in [3.63, 3.8) is 0 Å². The van der Waals surface area contributed by atoms with E-state index >= 15 is 0 Å². The van der Waals surface area contributed by atoms with Crippen molar-refractivity contribution in [2.75, 3.05) is 20.8 Å². The number of methoxy groups -OCH3 is 2. The molecule has 1 aromatic rings. The first-order valence-corrected chi connectivity index (χ1v) is 6.76. The van der Waals surface area contributed by atoms with Gasteiger partial charge in [-0.15, -0.1) is 12.4 Å². The van der Waals surface area contributed by atoms with Gasteiger partial charge in [-0.1, -0.05) is 6.07 Å². The Labute approximate surface area is 126 Å². The molecule has 1 aliphatic carbocycles. The highest BCUT2D eigenvalue weighted by Gasteiger charge is 2.35. The molecular weight excluding hydrogens is 278 g/mol. The van der Waals surface area contributed by atoms with E-state index in [0.717, 1.165) is 37.2 Å². The van der Waals surface area contributed by atoms with Crippen LogP contribution in [0.15, 0.2) is 18.2 Å². The zero-order valence-electron chi connectivity index (χ0n) is 12.1. The molecule has 20 heavy (non-hydrogen) atoms. The van der Waals surface area contributed by atoms with Gasteiger partial charge in [0.05, 0.1) is 20.3 Å². The third-order valence-electron chi connectivity index (χ3n) is 4.30. The molecule has 1 fully saturated rings. The van der Waals surface area contributed by atoms with E-state index in [9.17, 15) is 5.11 Å². The zero-order valence-corrected chi connectivity index (χ0v) is 12.9. The number of hydrogen-bond donors (Lipinski definition) is 2. The second-order valence-electron chi connectivity index (χ2n) is 5.29. The number of hydrogen-bond acceptors (Lipinski definition) is 4. The minimum absolute atomic E-state index is 0. The Morgan fingerprint density at radius 1 is 1.20 bits per heavy atom. The summed E-state index contributed by atoms with van der Waals surface area (Å²) in [5, 5.41) is 9.68. The second-order valence-corrected chi connectivity index (χ2v) is 5.29. The van der Waals surface area contributed by atoms with Gasteiger partial charge in [-0.3, -0.25) is 0 Å². The maximum absolute atomic E-state index is 9.68. The fraction of sp³-hybridized carbons (Fsp3) is 0.600. The van der Waals surface area contributed by atoms with E-state index in [1.165, 1.54) is 5.56 Å². The van der Waals surface area contributed by atoms with Gasteiger partial charge in [-0.2, -0.15) is 0 Å². The van der Waals surface area contributed by atoms with Crippen LogP contribution in [0.4, 0.5) is 0 Å². The Bertz CT molecular complexity index is 431. The summed E-state index contributed by atoms with van der Waals surface area (Å²) < 4.78 is 10.6. The molecule has 0 atom stereocenters. The minimum atomic E-state index is -0.181. The highest BCUT2D eigenvalue weighted by molar-refractivity contribution is 5.85. The van der Waals surface area contributed by atoms with Crippen LogP contribution in [0.1, 0.15) is 31.2 Å². The summed E-state index contributed by atoms with van der Waals surface area (Å²) in [5.41, 5.74) is 7.16. The Balaban J connectivity index is 0.00000200. The van der Waals surface area contributed by atoms with Gasteiger partial charge in [0.25, 0.3) is 0 Å². The van der Waals surface area contributed by atoms with E-state index in [1.54, 1.807) is 14.2 Å². The third-order valence-corrected chi connectivity index (χ3v) is 4.30. The lowest BCUT2D eigenvalue weighted by Crippen LogP contribution is -2.40. The molecule has 2 rings (SSSR count). The van der Waals surface area contributed by atoms with Gasteiger partial charge in [0.2, 0.25) is 0 Å². The van der Waals surface area contributed by atoms with Gasteiger partial charge in [0.1, 0.15) is 0 Å². The molecule has 0 saturated heterocycles. The largest absolute Gasteiger partial charge is 0.493 e. The van der Waals surface area contributed by atoms with Crippen molar-refractivity contribution in [1.29, 1.82) is 0 Å². The fourth-order valence-corrected chi connectivity index (χ4v) is 2.93. The van der Waals surface area contributed by atoms with Gasteiger partial charge in [0.15, 0.2) is 11.5 Å². The number of nitrogens with two attached hydrogens (primary N) is 1. The highest BCUT2D eigenvalue weighted by Crippen LogP contribution is 2.41. The van der Waals surface area contributed by atoms with Crippen LogP contribution in [0.25, 0.3) is 0 Å². The number of benzene rings is 1. The van der Waals surface area contributed by atoms with E-state index in [1.807, 2.05) is 12.1 Å². The Kier molecular flexibility index (Phi) is 6.11. The normalized spacial score (nSPS) is 25.7. The van der Waals surface area contributed by atoms with Crippen LogP contribution in [-0.4, -0.2) is 32.0 Å². The molecule has 1 saturated carbocycles. The van der Waals surface area contributed by atoms with E-state index in [0.29, 0.717) is 6.54 Å². The Hall–Kier alpha value is -0.970. The summed E-state index contributed by atoms with van der Waals surface area (Å²) in [5.74, 6) is 1.47. The molecule has 4 nitrogen and oxygen atoms in total. The molecule has 0 heterocycles. The summed E-state index contributed by atoms with van der Waals surface area (Å²) in [6.45, 7) is 0.592. The van der Waals surface area contributed by atoms with Gasteiger partial charge < -0.3 is 20.3 Å². The number of aliphatic hydroxyl groups excluding tert-OH is 1. The van der Waals surface area contributed by atoms with Crippen molar-refractivity contribution in [3.8, 4) is 11.5 Å². The van der Waals surface area contributed by atoms with Crippen LogP contribution < -0.4 is 15.2 Å². The molecule has 0 aromatic heterocycles. The smallest absolute Gasteiger partial charge is 0.161 e. The lowest BCUT2D eigenvalue weighted by molar-refractivity contribution is 0.0973. The van der Waals surface area contributed by atoms with Crippen molar-refractivity contribution in [2.45, 2.75) is 37.2 Å². The lowest BCUT2D eigenvalue weighted by Gasteiger charge is -2.38. The molecule has 3 N–H and O–H groups in total. The molecule has 0 spiro atoms. The Morgan fingerprint density at radius 2 is 1.80 bits per heavy atom. The van der Waals surface area contributed by atoms with Gasteiger partial charge in [0, 0.05) is 12.0 Å². The first-order chi connectivity index (χ1) is 9.15.